The van der Waals surface area contributed by atoms with Crippen LogP contribution in [-0.4, -0.2) is 50.1 Å². The van der Waals surface area contributed by atoms with Crippen molar-refractivity contribution in [3.8, 4) is 0 Å². The highest BCUT2D eigenvalue weighted by atomic mass is 32.2. The number of hydrogen-bond donors (Lipinski definition) is 1. The lowest BCUT2D eigenvalue weighted by Crippen LogP contribution is -2.31. The fourth-order valence-electron chi connectivity index (χ4n) is 2.72. The zero-order chi connectivity index (χ0) is 20.6. The number of carbonyl (C=O) groups is 1. The lowest BCUT2D eigenvalue weighted by molar-refractivity contribution is -0.141. The van der Waals surface area contributed by atoms with E-state index in [1.54, 1.807) is 6.92 Å². The molecule has 2 rings (SSSR count). The van der Waals surface area contributed by atoms with E-state index < -0.39 is 44.5 Å². The topological polar surface area (TPSA) is 87.2 Å². The van der Waals surface area contributed by atoms with Crippen LogP contribution in [0.15, 0.2) is 23.1 Å². The van der Waals surface area contributed by atoms with E-state index in [9.17, 15) is 26.4 Å². The van der Waals surface area contributed by atoms with Crippen molar-refractivity contribution in [1.29, 1.82) is 0 Å². The number of ether oxygens (including phenoxy) is 1. The zero-order valence-electron chi connectivity index (χ0n) is 15.2. The summed E-state index contributed by atoms with van der Waals surface area (Å²) >= 11 is 0. The predicted molar refractivity (Wildman–Crippen MR) is 90.8 cm³/mol. The highest BCUT2D eigenvalue weighted by molar-refractivity contribution is 7.89. The monoisotopic (exact) mass is 409 g/mol. The third-order valence-corrected chi connectivity index (χ3v) is 6.33. The molecule has 1 aromatic rings. The smallest absolute Gasteiger partial charge is 0.416 e. The number of hydrogen-bond acceptors (Lipinski definition) is 4. The lowest BCUT2D eigenvalue weighted by atomic mass is 9.90. The van der Waals surface area contributed by atoms with Gasteiger partial charge < -0.3 is 9.84 Å². The number of sulfonamides is 1. The van der Waals surface area contributed by atoms with Crippen LogP contribution < -0.4 is 0 Å². The van der Waals surface area contributed by atoms with Gasteiger partial charge in [0.2, 0.25) is 10.0 Å². The van der Waals surface area contributed by atoms with E-state index in [4.69, 9.17) is 9.84 Å². The van der Waals surface area contributed by atoms with Gasteiger partial charge in [-0.2, -0.15) is 17.5 Å². The Labute approximate surface area is 156 Å². The number of rotatable bonds is 8. The Bertz CT molecular complexity index is 805. The second-order valence-corrected chi connectivity index (χ2v) is 8.95. The normalized spacial score (nSPS) is 19.7. The second-order valence-electron chi connectivity index (χ2n) is 6.91. The van der Waals surface area contributed by atoms with Gasteiger partial charge in [0.25, 0.3) is 0 Å². The summed E-state index contributed by atoms with van der Waals surface area (Å²) in [7, 11) is -2.86. The minimum Gasteiger partial charge on any atom is -0.481 e. The van der Waals surface area contributed by atoms with Crippen LogP contribution in [0.5, 0.6) is 0 Å². The van der Waals surface area contributed by atoms with Crippen LogP contribution in [0.3, 0.4) is 0 Å². The molecule has 1 saturated heterocycles. The molecule has 1 aromatic carbocycles. The average Bonchev–Trinajstić information content (AvgIpc) is 3.37. The van der Waals surface area contributed by atoms with Crippen molar-refractivity contribution in [3.05, 3.63) is 29.3 Å². The maximum Gasteiger partial charge on any atom is 0.416 e. The molecule has 0 radical (unpaired) electrons. The largest absolute Gasteiger partial charge is 0.481 e. The number of nitrogens with zero attached hydrogens (tertiary/aromatic N) is 1. The fourth-order valence-corrected chi connectivity index (χ4v) is 4.01. The van der Waals surface area contributed by atoms with E-state index >= 15 is 0 Å². The van der Waals surface area contributed by atoms with E-state index in [1.807, 2.05) is 0 Å². The molecule has 10 heteroatoms. The fraction of sp³-hybridized carbons (Fsp3) is 0.588. The summed E-state index contributed by atoms with van der Waals surface area (Å²) in [6.07, 6.45) is -4.89. The molecular weight excluding hydrogens is 387 g/mol. The highest BCUT2D eigenvalue weighted by Crippen LogP contribution is 2.35. The first kappa shape index (κ1) is 21.6. The number of benzene rings is 1. The van der Waals surface area contributed by atoms with Crippen molar-refractivity contribution in [2.24, 2.45) is 5.92 Å². The van der Waals surface area contributed by atoms with Crippen LogP contribution in [0.4, 0.5) is 13.2 Å². The quantitative estimate of drug-likeness (QED) is 0.667. The van der Waals surface area contributed by atoms with E-state index in [1.165, 1.54) is 20.0 Å². The Kier molecular flexibility index (Phi) is 6.23. The van der Waals surface area contributed by atoms with Crippen LogP contribution in [0.2, 0.25) is 0 Å². The molecule has 0 aromatic heterocycles. The van der Waals surface area contributed by atoms with E-state index in [0.717, 1.165) is 10.4 Å². The molecule has 1 N–H and O–H groups in total. The summed E-state index contributed by atoms with van der Waals surface area (Å²) in [4.78, 5) is 10.6. The summed E-state index contributed by atoms with van der Waals surface area (Å²) in [6, 6.07) is 2.67. The molecule has 2 unspecified atom stereocenters. The van der Waals surface area contributed by atoms with Crippen LogP contribution in [0.25, 0.3) is 0 Å². The zero-order valence-corrected chi connectivity index (χ0v) is 16.0. The van der Waals surface area contributed by atoms with Crippen molar-refractivity contribution in [3.63, 3.8) is 0 Å². The van der Waals surface area contributed by atoms with Gasteiger partial charge in [-0.15, -0.1) is 0 Å². The van der Waals surface area contributed by atoms with Gasteiger partial charge in [-0.1, -0.05) is 13.8 Å². The van der Waals surface area contributed by atoms with Crippen molar-refractivity contribution in [2.75, 3.05) is 20.2 Å². The molecule has 0 bridgehead atoms. The Morgan fingerprint density at radius 3 is 2.41 bits per heavy atom. The molecule has 1 aliphatic heterocycles. The van der Waals surface area contributed by atoms with Gasteiger partial charge >= 0.3 is 12.1 Å². The highest BCUT2D eigenvalue weighted by Gasteiger charge is 2.35. The molecule has 1 aliphatic rings. The van der Waals surface area contributed by atoms with Gasteiger partial charge in [0, 0.05) is 13.6 Å². The molecule has 0 saturated carbocycles. The van der Waals surface area contributed by atoms with Gasteiger partial charge in [-0.05, 0) is 36.1 Å². The molecular formula is C17H22F3NO5S. The van der Waals surface area contributed by atoms with Crippen molar-refractivity contribution < 1.29 is 36.2 Å². The van der Waals surface area contributed by atoms with Gasteiger partial charge in [0.1, 0.15) is 0 Å². The van der Waals surface area contributed by atoms with Gasteiger partial charge in [-0.3, -0.25) is 4.79 Å². The minimum absolute atomic E-state index is 0.0551. The van der Waals surface area contributed by atoms with Crippen LogP contribution in [0.1, 0.15) is 37.3 Å². The van der Waals surface area contributed by atoms with Crippen molar-refractivity contribution >= 4 is 16.0 Å². The van der Waals surface area contributed by atoms with E-state index in [0.29, 0.717) is 12.7 Å². The Morgan fingerprint density at radius 2 is 1.93 bits per heavy atom. The Morgan fingerprint density at radius 1 is 1.33 bits per heavy atom. The van der Waals surface area contributed by atoms with Gasteiger partial charge in [0.15, 0.2) is 0 Å². The summed E-state index contributed by atoms with van der Waals surface area (Å²) in [6.45, 7) is 3.50. The van der Waals surface area contributed by atoms with Gasteiger partial charge in [-0.25, -0.2) is 8.42 Å². The molecule has 27 heavy (non-hydrogen) atoms. The molecule has 152 valence electrons. The van der Waals surface area contributed by atoms with Crippen molar-refractivity contribution in [2.45, 2.75) is 43.4 Å². The summed E-state index contributed by atoms with van der Waals surface area (Å²) in [5.41, 5.74) is -0.947. The number of carboxylic acids is 1. The number of carboxylic acid groups (broad SMARTS) is 1. The molecule has 0 aliphatic carbocycles. The number of likely N-dealkylation sites (N-methyl/N-ethyl adjacent to an activating group) is 1. The third-order valence-electron chi connectivity index (χ3n) is 4.53. The molecule has 6 nitrogen and oxygen atoms in total. The Hall–Kier alpha value is -1.65. The number of epoxide rings is 1. The number of aliphatic carboxylic acids is 1. The third kappa shape index (κ3) is 5.43. The van der Waals surface area contributed by atoms with Gasteiger partial charge in [0.05, 0.1) is 29.1 Å². The van der Waals surface area contributed by atoms with E-state index in [2.05, 4.69) is 0 Å². The average molecular weight is 409 g/mol. The lowest BCUT2D eigenvalue weighted by Gasteiger charge is -2.21. The molecule has 1 fully saturated rings. The number of halogens is 3. The maximum absolute atomic E-state index is 13.3. The summed E-state index contributed by atoms with van der Waals surface area (Å²) < 4.78 is 71.2. The molecule has 3 atom stereocenters. The standard InChI is InChI=1S/C17H22F3NO5S/c1-10(4-11(2)16(22)23)12-5-13(17(18,19)20)7-15(6-12)27(24,25)21(3)8-14-9-26-14/h5-7,10-11,14H,4,8-9H2,1-3H3,(H,22,23)/t10?,11-,14?/m0/s1. The summed E-state index contributed by atoms with van der Waals surface area (Å²) in [5.74, 6) is -2.40. The first-order valence-electron chi connectivity index (χ1n) is 8.35. The minimum atomic E-state index is -4.73. The maximum atomic E-state index is 13.3. The second kappa shape index (κ2) is 7.76. The van der Waals surface area contributed by atoms with Crippen molar-refractivity contribution in [1.82, 2.24) is 4.31 Å². The molecule has 0 spiro atoms. The number of alkyl halides is 3. The van der Waals surface area contributed by atoms with E-state index in [-0.39, 0.29) is 24.6 Å². The molecule has 0 amide bonds. The van der Waals surface area contributed by atoms with Crippen LogP contribution >= 0.6 is 0 Å². The first-order valence-corrected chi connectivity index (χ1v) is 9.79. The van der Waals surface area contributed by atoms with Crippen LogP contribution in [-0.2, 0) is 25.7 Å². The SMILES string of the molecule is CC(C[C@H](C)C(=O)O)c1cc(C(F)(F)F)cc(S(=O)(=O)N(C)CC2CO2)c1. The summed E-state index contributed by atoms with van der Waals surface area (Å²) in [5, 5.41) is 9.01. The first-order chi connectivity index (χ1) is 12.3. The predicted octanol–water partition coefficient (Wildman–Crippen LogP) is 2.94. The Balaban J connectivity index is 2.43. The molecule has 1 heterocycles. The van der Waals surface area contributed by atoms with Crippen LogP contribution in [0, 0.1) is 5.92 Å².